The van der Waals surface area contributed by atoms with Crippen LogP contribution in [0.4, 0.5) is 5.95 Å². The molecule has 140 valence electrons. The molecule has 0 aliphatic carbocycles. The van der Waals surface area contributed by atoms with Gasteiger partial charge in [-0.3, -0.25) is 4.99 Å². The van der Waals surface area contributed by atoms with Gasteiger partial charge in [0.2, 0.25) is 5.95 Å². The molecule has 1 saturated heterocycles. The molecular formula is C19H28N6S. The Morgan fingerprint density at radius 1 is 1.19 bits per heavy atom. The smallest absolute Gasteiger partial charge is 0.225 e. The molecule has 1 aliphatic heterocycles. The van der Waals surface area contributed by atoms with Crippen molar-refractivity contribution in [1.82, 2.24) is 20.2 Å². The van der Waals surface area contributed by atoms with Gasteiger partial charge in [-0.05, 0) is 24.4 Å². The lowest BCUT2D eigenvalue weighted by molar-refractivity contribution is 0.368. The summed E-state index contributed by atoms with van der Waals surface area (Å²) in [5, 5.41) is 5.59. The van der Waals surface area contributed by atoms with Crippen LogP contribution in [0.3, 0.4) is 0 Å². The first-order valence-electron chi connectivity index (χ1n) is 9.19. The first kappa shape index (κ1) is 18.6. The summed E-state index contributed by atoms with van der Waals surface area (Å²) in [6.07, 6.45) is 3.60. The monoisotopic (exact) mass is 372 g/mol. The maximum atomic E-state index is 4.95. The predicted octanol–water partition coefficient (Wildman–Crippen LogP) is 2.60. The number of aliphatic imine (C=N–C) groups is 1. The molecule has 1 aliphatic rings. The third-order valence-corrected chi connectivity index (χ3v) is 5.80. The Kier molecular flexibility index (Phi) is 6.08. The Morgan fingerprint density at radius 2 is 1.92 bits per heavy atom. The molecule has 3 heterocycles. The van der Waals surface area contributed by atoms with Crippen LogP contribution < -0.4 is 10.2 Å². The van der Waals surface area contributed by atoms with Crippen LogP contribution >= 0.6 is 11.3 Å². The highest BCUT2D eigenvalue weighted by atomic mass is 32.1. The van der Waals surface area contributed by atoms with Crippen LogP contribution in [0.1, 0.15) is 25.6 Å². The van der Waals surface area contributed by atoms with Gasteiger partial charge in [0.1, 0.15) is 0 Å². The number of hydrogen-bond acceptors (Lipinski definition) is 5. The van der Waals surface area contributed by atoms with Crippen LogP contribution in [0.25, 0.3) is 0 Å². The molecule has 0 spiro atoms. The molecule has 6 nitrogen and oxygen atoms in total. The molecule has 1 fully saturated rings. The highest BCUT2D eigenvalue weighted by molar-refractivity contribution is 7.10. The van der Waals surface area contributed by atoms with Crippen molar-refractivity contribution in [2.24, 2.45) is 4.99 Å². The minimum absolute atomic E-state index is 0.0501. The zero-order chi connectivity index (χ0) is 18.4. The average molecular weight is 373 g/mol. The van der Waals surface area contributed by atoms with E-state index in [4.69, 9.17) is 4.99 Å². The topological polar surface area (TPSA) is 56.7 Å². The van der Waals surface area contributed by atoms with E-state index < -0.39 is 0 Å². The van der Waals surface area contributed by atoms with Gasteiger partial charge in [-0.2, -0.15) is 0 Å². The first-order chi connectivity index (χ1) is 12.6. The van der Waals surface area contributed by atoms with E-state index in [9.17, 15) is 0 Å². The van der Waals surface area contributed by atoms with Gasteiger partial charge in [-0.25, -0.2) is 9.97 Å². The molecule has 0 unspecified atom stereocenters. The Hall–Kier alpha value is -2.15. The maximum absolute atomic E-state index is 4.95. The van der Waals surface area contributed by atoms with Crippen LogP contribution in [0.5, 0.6) is 0 Å². The van der Waals surface area contributed by atoms with Crippen LogP contribution in [0, 0.1) is 0 Å². The van der Waals surface area contributed by atoms with Gasteiger partial charge in [0.15, 0.2) is 5.96 Å². The third-order valence-electron chi connectivity index (χ3n) is 4.56. The quantitative estimate of drug-likeness (QED) is 0.646. The van der Waals surface area contributed by atoms with E-state index in [-0.39, 0.29) is 5.41 Å². The Balaban J connectivity index is 1.63. The highest BCUT2D eigenvalue weighted by Crippen LogP contribution is 2.27. The highest BCUT2D eigenvalue weighted by Gasteiger charge is 2.24. The van der Waals surface area contributed by atoms with E-state index in [0.29, 0.717) is 0 Å². The van der Waals surface area contributed by atoms with Gasteiger partial charge in [0.25, 0.3) is 0 Å². The van der Waals surface area contributed by atoms with Gasteiger partial charge in [-0.15, -0.1) is 11.3 Å². The Labute approximate surface area is 160 Å². The Morgan fingerprint density at radius 3 is 2.54 bits per heavy atom. The Bertz CT molecular complexity index is 690. The van der Waals surface area contributed by atoms with Crippen molar-refractivity contribution in [3.05, 3.63) is 40.8 Å². The average Bonchev–Trinajstić information content (AvgIpc) is 3.22. The first-order valence-corrected chi connectivity index (χ1v) is 10.1. The zero-order valence-electron chi connectivity index (χ0n) is 15.9. The van der Waals surface area contributed by atoms with E-state index >= 15 is 0 Å². The summed E-state index contributed by atoms with van der Waals surface area (Å²) in [6, 6.07) is 6.16. The predicted molar refractivity (Wildman–Crippen MR) is 109 cm³/mol. The molecule has 1 N–H and O–H groups in total. The van der Waals surface area contributed by atoms with E-state index in [1.54, 1.807) is 23.7 Å². The zero-order valence-corrected chi connectivity index (χ0v) is 16.7. The molecule has 0 bridgehead atoms. The maximum Gasteiger partial charge on any atom is 0.225 e. The largest absolute Gasteiger partial charge is 0.357 e. The molecule has 2 aromatic rings. The fraction of sp³-hybridized carbons (Fsp3) is 0.526. The second kappa shape index (κ2) is 8.49. The molecule has 26 heavy (non-hydrogen) atoms. The summed E-state index contributed by atoms with van der Waals surface area (Å²) in [4.78, 5) is 19.6. The van der Waals surface area contributed by atoms with Crippen LogP contribution in [-0.2, 0) is 5.41 Å². The van der Waals surface area contributed by atoms with Crippen molar-refractivity contribution in [2.75, 3.05) is 44.2 Å². The molecule has 3 rings (SSSR count). The minimum Gasteiger partial charge on any atom is -0.357 e. The summed E-state index contributed by atoms with van der Waals surface area (Å²) in [5.41, 5.74) is 0.0501. The number of aromatic nitrogens is 2. The number of piperazine rings is 1. The SMILES string of the molecule is CCNC(=NCC(C)(C)c1cccs1)N1CCN(c2ncccn2)CC1. The number of nitrogens with zero attached hydrogens (tertiary/aromatic N) is 5. The van der Waals surface area contributed by atoms with Crippen LogP contribution in [0.15, 0.2) is 41.0 Å². The molecule has 0 atom stereocenters. The van der Waals surface area contributed by atoms with E-state index in [2.05, 4.69) is 63.4 Å². The lowest BCUT2D eigenvalue weighted by Crippen LogP contribution is -2.53. The fourth-order valence-electron chi connectivity index (χ4n) is 3.01. The molecule has 0 saturated carbocycles. The summed E-state index contributed by atoms with van der Waals surface area (Å²) in [7, 11) is 0. The minimum atomic E-state index is 0.0501. The third kappa shape index (κ3) is 4.52. The summed E-state index contributed by atoms with van der Waals surface area (Å²) >= 11 is 1.80. The molecule has 0 aromatic carbocycles. The standard InChI is InChI=1S/C19H28N6S/c1-4-20-17(23-15-19(2,3)16-7-5-14-26-16)24-10-12-25(13-11-24)18-21-8-6-9-22-18/h5-9,14H,4,10-13,15H2,1-3H3,(H,20,23). The number of nitrogens with one attached hydrogen (secondary N) is 1. The molecule has 7 heteroatoms. The summed E-state index contributed by atoms with van der Waals surface area (Å²) in [5.74, 6) is 1.82. The second-order valence-corrected chi connectivity index (χ2v) is 8.00. The summed E-state index contributed by atoms with van der Waals surface area (Å²) < 4.78 is 0. The van der Waals surface area contributed by atoms with Crippen LogP contribution in [-0.4, -0.2) is 60.1 Å². The summed E-state index contributed by atoms with van der Waals surface area (Å²) in [6.45, 7) is 11.9. The fourth-order valence-corrected chi connectivity index (χ4v) is 3.86. The lowest BCUT2D eigenvalue weighted by atomic mass is 9.92. The van der Waals surface area contributed by atoms with E-state index in [1.165, 1.54) is 4.88 Å². The van der Waals surface area contributed by atoms with Crippen molar-refractivity contribution in [3.8, 4) is 0 Å². The normalized spacial score (nSPS) is 16.0. The number of anilines is 1. The lowest BCUT2D eigenvalue weighted by Gasteiger charge is -2.36. The molecular weight excluding hydrogens is 344 g/mol. The van der Waals surface area contributed by atoms with Gasteiger partial charge < -0.3 is 15.1 Å². The number of thiophene rings is 1. The van der Waals surface area contributed by atoms with Crippen molar-refractivity contribution < 1.29 is 0 Å². The van der Waals surface area contributed by atoms with Gasteiger partial charge in [0.05, 0.1) is 6.54 Å². The van der Waals surface area contributed by atoms with Gasteiger partial charge in [-0.1, -0.05) is 19.9 Å². The number of guanidine groups is 1. The van der Waals surface area contributed by atoms with Gasteiger partial charge >= 0.3 is 0 Å². The van der Waals surface area contributed by atoms with Crippen molar-refractivity contribution >= 4 is 23.2 Å². The van der Waals surface area contributed by atoms with Crippen molar-refractivity contribution in [2.45, 2.75) is 26.2 Å². The van der Waals surface area contributed by atoms with Crippen LogP contribution in [0.2, 0.25) is 0 Å². The van der Waals surface area contributed by atoms with E-state index in [1.807, 2.05) is 6.07 Å². The molecule has 0 radical (unpaired) electrons. The van der Waals surface area contributed by atoms with Crippen molar-refractivity contribution in [3.63, 3.8) is 0 Å². The van der Waals surface area contributed by atoms with E-state index in [0.717, 1.165) is 51.2 Å². The second-order valence-electron chi connectivity index (χ2n) is 7.05. The number of hydrogen-bond donors (Lipinski definition) is 1. The number of rotatable bonds is 5. The molecule has 0 amide bonds. The van der Waals surface area contributed by atoms with Gasteiger partial charge in [0, 0.05) is 55.4 Å². The molecule has 2 aromatic heterocycles. The van der Waals surface area contributed by atoms with Crippen molar-refractivity contribution in [1.29, 1.82) is 0 Å².